The number of piperidine rings is 1. The molecule has 0 saturated carbocycles. The number of rotatable bonds is 5. The molecule has 2 aliphatic rings. The normalized spacial score (nSPS) is 21.1. The van der Waals surface area contributed by atoms with Crippen molar-refractivity contribution in [3.05, 3.63) is 0 Å². The lowest BCUT2D eigenvalue weighted by Crippen LogP contribution is -2.44. The summed E-state index contributed by atoms with van der Waals surface area (Å²) in [6.07, 6.45) is 5.06. The molecule has 114 valence electrons. The second-order valence-corrected chi connectivity index (χ2v) is 6.16. The van der Waals surface area contributed by atoms with Gasteiger partial charge in [0.25, 0.3) is 0 Å². The van der Waals surface area contributed by atoms with Crippen LogP contribution in [0.15, 0.2) is 0 Å². The summed E-state index contributed by atoms with van der Waals surface area (Å²) in [6.45, 7) is 6.66. The highest BCUT2D eigenvalue weighted by atomic mass is 16.2. The summed E-state index contributed by atoms with van der Waals surface area (Å²) in [5, 5.41) is 6.24. The zero-order valence-corrected chi connectivity index (χ0v) is 12.5. The van der Waals surface area contributed by atoms with E-state index in [4.69, 9.17) is 0 Å². The first-order chi connectivity index (χ1) is 9.65. The predicted octanol–water partition coefficient (Wildman–Crippen LogP) is 0.895. The van der Waals surface area contributed by atoms with Crippen molar-refractivity contribution >= 4 is 11.8 Å². The van der Waals surface area contributed by atoms with E-state index >= 15 is 0 Å². The number of hydrogen-bond acceptors (Lipinski definition) is 3. The molecule has 0 aliphatic carbocycles. The van der Waals surface area contributed by atoms with Crippen LogP contribution < -0.4 is 10.6 Å². The van der Waals surface area contributed by atoms with Crippen molar-refractivity contribution in [3.63, 3.8) is 0 Å². The maximum absolute atomic E-state index is 12.1. The van der Waals surface area contributed by atoms with Crippen LogP contribution in [0, 0.1) is 5.41 Å². The summed E-state index contributed by atoms with van der Waals surface area (Å²) < 4.78 is 0. The van der Waals surface area contributed by atoms with Crippen molar-refractivity contribution < 1.29 is 9.59 Å². The highest BCUT2D eigenvalue weighted by molar-refractivity contribution is 5.83. The van der Waals surface area contributed by atoms with Gasteiger partial charge in [-0.25, -0.2) is 0 Å². The van der Waals surface area contributed by atoms with Crippen LogP contribution in [0.4, 0.5) is 0 Å². The Kier molecular flexibility index (Phi) is 5.40. The van der Waals surface area contributed by atoms with E-state index in [1.54, 1.807) is 0 Å². The molecule has 0 aromatic carbocycles. The number of amides is 2. The Labute approximate surface area is 121 Å². The Bertz CT molecular complexity index is 341. The van der Waals surface area contributed by atoms with Gasteiger partial charge in [0.15, 0.2) is 0 Å². The minimum atomic E-state index is -0.00586. The number of nitrogens with one attached hydrogen (secondary N) is 2. The molecule has 5 heteroatoms. The summed E-state index contributed by atoms with van der Waals surface area (Å²) in [7, 11) is 0. The molecule has 2 N–H and O–H groups in total. The third kappa shape index (κ3) is 3.95. The van der Waals surface area contributed by atoms with E-state index in [9.17, 15) is 9.59 Å². The highest BCUT2D eigenvalue weighted by Crippen LogP contribution is 2.36. The minimum absolute atomic E-state index is 0.00586. The molecule has 0 aromatic rings. The van der Waals surface area contributed by atoms with E-state index in [2.05, 4.69) is 10.6 Å². The lowest BCUT2D eigenvalue weighted by molar-refractivity contribution is -0.135. The van der Waals surface area contributed by atoms with Gasteiger partial charge >= 0.3 is 0 Å². The molecule has 2 amide bonds. The topological polar surface area (TPSA) is 61.4 Å². The van der Waals surface area contributed by atoms with Crippen LogP contribution in [-0.2, 0) is 9.59 Å². The lowest BCUT2D eigenvalue weighted by Gasteiger charge is -2.38. The molecule has 1 spiro atoms. The Balaban J connectivity index is 1.68. The van der Waals surface area contributed by atoms with E-state index in [1.807, 2.05) is 11.8 Å². The number of hydrogen-bond donors (Lipinski definition) is 2. The van der Waals surface area contributed by atoms with Gasteiger partial charge in [0, 0.05) is 39.0 Å². The van der Waals surface area contributed by atoms with Crippen molar-refractivity contribution in [1.29, 1.82) is 0 Å². The van der Waals surface area contributed by atoms with Gasteiger partial charge < -0.3 is 15.5 Å². The molecular weight excluding hydrogens is 254 g/mol. The van der Waals surface area contributed by atoms with E-state index < -0.39 is 0 Å². The van der Waals surface area contributed by atoms with Gasteiger partial charge in [0.05, 0.1) is 0 Å². The van der Waals surface area contributed by atoms with E-state index in [-0.39, 0.29) is 11.8 Å². The summed E-state index contributed by atoms with van der Waals surface area (Å²) in [5.41, 5.74) is 0.440. The van der Waals surface area contributed by atoms with Gasteiger partial charge in [-0.3, -0.25) is 9.59 Å². The fraction of sp³-hybridized carbons (Fsp3) is 0.867. The number of likely N-dealkylation sites (tertiary alicyclic amines) is 1. The fourth-order valence-electron chi connectivity index (χ4n) is 3.18. The van der Waals surface area contributed by atoms with Crippen LogP contribution in [-0.4, -0.2) is 49.4 Å². The number of nitrogens with zero attached hydrogens (tertiary/aromatic N) is 1. The molecule has 2 aliphatic heterocycles. The average molecular weight is 281 g/mol. The van der Waals surface area contributed by atoms with Gasteiger partial charge in [-0.1, -0.05) is 6.92 Å². The first-order valence-corrected chi connectivity index (χ1v) is 7.90. The SMILES string of the molecule is CCCNC(=O)CCC(=O)N1CCC2(CCNC2)CC1. The summed E-state index contributed by atoms with van der Waals surface area (Å²) in [5.74, 6) is 0.131. The number of carbonyl (C=O) groups is 2. The zero-order chi connectivity index (χ0) is 14.4. The van der Waals surface area contributed by atoms with Gasteiger partial charge in [0.1, 0.15) is 0 Å². The van der Waals surface area contributed by atoms with Gasteiger partial charge in [-0.05, 0) is 37.6 Å². The van der Waals surface area contributed by atoms with Crippen molar-refractivity contribution in [3.8, 4) is 0 Å². The predicted molar refractivity (Wildman–Crippen MR) is 78.3 cm³/mol. The molecule has 0 atom stereocenters. The van der Waals surface area contributed by atoms with E-state index in [1.165, 1.54) is 6.42 Å². The van der Waals surface area contributed by atoms with Gasteiger partial charge in [-0.2, -0.15) is 0 Å². The molecular formula is C15H27N3O2. The first-order valence-electron chi connectivity index (χ1n) is 7.90. The third-order valence-corrected chi connectivity index (χ3v) is 4.65. The Morgan fingerprint density at radius 3 is 2.55 bits per heavy atom. The van der Waals surface area contributed by atoms with Crippen LogP contribution in [0.5, 0.6) is 0 Å². The van der Waals surface area contributed by atoms with Crippen molar-refractivity contribution in [2.24, 2.45) is 5.41 Å². The van der Waals surface area contributed by atoms with Crippen molar-refractivity contribution in [2.45, 2.75) is 45.4 Å². The van der Waals surface area contributed by atoms with Crippen LogP contribution in [0.3, 0.4) is 0 Å². The van der Waals surface area contributed by atoms with Gasteiger partial charge in [-0.15, -0.1) is 0 Å². The maximum atomic E-state index is 12.1. The first kappa shape index (κ1) is 15.3. The molecule has 5 nitrogen and oxygen atoms in total. The van der Waals surface area contributed by atoms with Crippen LogP contribution >= 0.6 is 0 Å². The summed E-state index contributed by atoms with van der Waals surface area (Å²) in [6, 6.07) is 0. The second-order valence-electron chi connectivity index (χ2n) is 6.16. The molecule has 2 rings (SSSR count). The molecule has 0 radical (unpaired) electrons. The highest BCUT2D eigenvalue weighted by Gasteiger charge is 2.37. The fourth-order valence-corrected chi connectivity index (χ4v) is 3.18. The van der Waals surface area contributed by atoms with Gasteiger partial charge in [0.2, 0.25) is 11.8 Å². The monoisotopic (exact) mass is 281 g/mol. The van der Waals surface area contributed by atoms with E-state index in [0.717, 1.165) is 45.4 Å². The smallest absolute Gasteiger partial charge is 0.223 e. The molecule has 0 unspecified atom stereocenters. The Hall–Kier alpha value is -1.10. The lowest BCUT2D eigenvalue weighted by atomic mass is 9.78. The molecule has 2 heterocycles. The van der Waals surface area contributed by atoms with Crippen LogP contribution in [0.25, 0.3) is 0 Å². The minimum Gasteiger partial charge on any atom is -0.356 e. The molecule has 2 saturated heterocycles. The zero-order valence-electron chi connectivity index (χ0n) is 12.5. The Morgan fingerprint density at radius 2 is 1.95 bits per heavy atom. The average Bonchev–Trinajstić information content (AvgIpc) is 2.91. The van der Waals surface area contributed by atoms with Crippen LogP contribution in [0.1, 0.15) is 45.4 Å². The second kappa shape index (κ2) is 7.07. The van der Waals surface area contributed by atoms with Crippen molar-refractivity contribution in [2.75, 3.05) is 32.7 Å². The molecule has 2 fully saturated rings. The molecule has 20 heavy (non-hydrogen) atoms. The van der Waals surface area contributed by atoms with E-state index in [0.29, 0.717) is 24.8 Å². The number of carbonyl (C=O) groups excluding carboxylic acids is 2. The summed E-state index contributed by atoms with van der Waals surface area (Å²) in [4.78, 5) is 25.6. The summed E-state index contributed by atoms with van der Waals surface area (Å²) >= 11 is 0. The largest absolute Gasteiger partial charge is 0.356 e. The molecule has 0 bridgehead atoms. The Morgan fingerprint density at radius 1 is 1.20 bits per heavy atom. The molecule has 0 aromatic heterocycles. The third-order valence-electron chi connectivity index (χ3n) is 4.65. The standard InChI is InChI=1S/C15H27N3O2/c1-2-8-17-13(19)3-4-14(20)18-10-6-15(7-11-18)5-9-16-12-15/h16H,2-12H2,1H3,(H,17,19). The quantitative estimate of drug-likeness (QED) is 0.787. The van der Waals surface area contributed by atoms with Crippen LogP contribution in [0.2, 0.25) is 0 Å². The maximum Gasteiger partial charge on any atom is 0.223 e. The van der Waals surface area contributed by atoms with Crippen molar-refractivity contribution in [1.82, 2.24) is 15.5 Å².